The smallest absolute Gasteiger partial charge is 0.339 e. The summed E-state index contributed by atoms with van der Waals surface area (Å²) in [5, 5.41) is 22.5. The Kier molecular flexibility index (Phi) is 5.99. The van der Waals surface area contributed by atoms with Crippen molar-refractivity contribution in [1.82, 2.24) is 9.97 Å². The van der Waals surface area contributed by atoms with E-state index in [0.717, 1.165) is 0 Å². The Labute approximate surface area is 166 Å². The number of benzene rings is 2. The zero-order valence-corrected chi connectivity index (χ0v) is 16.2. The van der Waals surface area contributed by atoms with E-state index < -0.39 is 5.97 Å². The molecule has 0 spiro atoms. The monoisotopic (exact) mass is 399 g/mol. The molecule has 1 aromatic heterocycles. The summed E-state index contributed by atoms with van der Waals surface area (Å²) in [7, 11) is 4.26. The summed E-state index contributed by atoms with van der Waals surface area (Å²) < 4.78 is 16.2. The van der Waals surface area contributed by atoms with Crippen LogP contribution in [0, 0.1) is 0 Å². The predicted molar refractivity (Wildman–Crippen MR) is 107 cm³/mol. The van der Waals surface area contributed by atoms with Gasteiger partial charge in [0.2, 0.25) is 5.75 Å². The maximum atomic E-state index is 11.8. The number of aromatic nitrogens is 2. The molecule has 29 heavy (non-hydrogen) atoms. The molecule has 3 aromatic rings. The molecule has 9 nitrogen and oxygen atoms in total. The minimum absolute atomic E-state index is 0.0450. The highest BCUT2D eigenvalue weighted by molar-refractivity contribution is 5.98. The molecule has 0 aliphatic carbocycles. The summed E-state index contributed by atoms with van der Waals surface area (Å²) in [6.45, 7) is 0.288. The first-order valence-electron chi connectivity index (χ1n) is 8.71. The summed E-state index contributed by atoms with van der Waals surface area (Å²) in [5.41, 5.74) is 1.84. The van der Waals surface area contributed by atoms with Gasteiger partial charge in [0.15, 0.2) is 11.5 Å². The van der Waals surface area contributed by atoms with E-state index in [2.05, 4.69) is 15.3 Å². The normalized spacial score (nSPS) is 10.6. The quantitative estimate of drug-likeness (QED) is 0.524. The molecule has 0 saturated carbocycles. The standard InChI is InChI=1S/C20H21N3O6/c1-27-16-12(9-14(20(25)26)17(28-2)18(16)29-3)11-4-5-15-13(8-11)19(21-6-7-24)23-10-22-15/h4-5,8-10,24H,6-7H2,1-3H3,(H,25,26)(H,21,22,23). The number of hydrogen-bond donors (Lipinski definition) is 3. The lowest BCUT2D eigenvalue weighted by atomic mass is 9.98. The van der Waals surface area contributed by atoms with E-state index in [9.17, 15) is 9.90 Å². The van der Waals surface area contributed by atoms with Gasteiger partial charge in [-0.1, -0.05) is 6.07 Å². The fourth-order valence-corrected chi connectivity index (χ4v) is 3.13. The van der Waals surface area contributed by atoms with Gasteiger partial charge >= 0.3 is 5.97 Å². The number of nitrogens with zero attached hydrogens (tertiary/aromatic N) is 2. The van der Waals surface area contributed by atoms with Crippen LogP contribution in [-0.4, -0.2) is 60.6 Å². The zero-order valence-electron chi connectivity index (χ0n) is 16.2. The van der Waals surface area contributed by atoms with Crippen LogP contribution in [0.1, 0.15) is 10.4 Å². The molecule has 2 aromatic carbocycles. The first-order valence-corrected chi connectivity index (χ1v) is 8.71. The van der Waals surface area contributed by atoms with Crippen LogP contribution in [0.3, 0.4) is 0 Å². The molecular formula is C20H21N3O6. The minimum Gasteiger partial charge on any atom is -0.492 e. The van der Waals surface area contributed by atoms with Crippen molar-refractivity contribution < 1.29 is 29.2 Å². The van der Waals surface area contributed by atoms with Crippen molar-refractivity contribution in [3.05, 3.63) is 36.2 Å². The maximum absolute atomic E-state index is 11.8. The fraction of sp³-hybridized carbons (Fsp3) is 0.250. The van der Waals surface area contributed by atoms with E-state index in [1.807, 2.05) is 6.07 Å². The van der Waals surface area contributed by atoms with Crippen LogP contribution < -0.4 is 19.5 Å². The number of carbonyl (C=O) groups is 1. The van der Waals surface area contributed by atoms with Crippen LogP contribution in [0.4, 0.5) is 5.82 Å². The summed E-state index contributed by atoms with van der Waals surface area (Å²) in [4.78, 5) is 20.3. The number of rotatable bonds is 8. The lowest BCUT2D eigenvalue weighted by Gasteiger charge is -2.18. The molecule has 152 valence electrons. The van der Waals surface area contributed by atoms with Crippen LogP contribution in [-0.2, 0) is 0 Å². The number of anilines is 1. The first-order chi connectivity index (χ1) is 14.0. The van der Waals surface area contributed by atoms with E-state index in [-0.39, 0.29) is 23.7 Å². The summed E-state index contributed by atoms with van der Waals surface area (Å²) >= 11 is 0. The van der Waals surface area contributed by atoms with Gasteiger partial charge in [0.1, 0.15) is 17.7 Å². The van der Waals surface area contributed by atoms with Crippen LogP contribution in [0.25, 0.3) is 22.0 Å². The van der Waals surface area contributed by atoms with E-state index in [0.29, 0.717) is 40.1 Å². The second kappa shape index (κ2) is 8.61. The highest BCUT2D eigenvalue weighted by Gasteiger charge is 2.25. The van der Waals surface area contributed by atoms with Crippen molar-refractivity contribution in [3.63, 3.8) is 0 Å². The Morgan fingerprint density at radius 2 is 1.76 bits per heavy atom. The predicted octanol–water partition coefficient (Wildman–Crippen LogP) is 2.43. The highest BCUT2D eigenvalue weighted by Crippen LogP contribution is 2.47. The van der Waals surface area contributed by atoms with Gasteiger partial charge in [-0.25, -0.2) is 14.8 Å². The second-order valence-electron chi connectivity index (χ2n) is 5.98. The Bertz CT molecular complexity index is 1050. The van der Waals surface area contributed by atoms with Gasteiger partial charge in [-0.2, -0.15) is 0 Å². The van der Waals surface area contributed by atoms with Crippen LogP contribution in [0.15, 0.2) is 30.6 Å². The van der Waals surface area contributed by atoms with Crippen molar-refractivity contribution in [2.45, 2.75) is 0 Å². The number of aliphatic hydroxyl groups excluding tert-OH is 1. The molecule has 0 aliphatic heterocycles. The maximum Gasteiger partial charge on any atom is 0.339 e. The van der Waals surface area contributed by atoms with Gasteiger partial charge in [0.25, 0.3) is 0 Å². The lowest BCUT2D eigenvalue weighted by Crippen LogP contribution is -2.07. The number of fused-ring (bicyclic) bond motifs is 1. The number of aliphatic hydroxyl groups is 1. The van der Waals surface area contributed by atoms with Crippen LogP contribution >= 0.6 is 0 Å². The molecule has 0 bridgehead atoms. The Hall–Kier alpha value is -3.59. The molecule has 0 unspecified atom stereocenters. The van der Waals surface area contributed by atoms with Crippen molar-refractivity contribution >= 4 is 22.7 Å². The third-order valence-electron chi connectivity index (χ3n) is 4.38. The van der Waals surface area contributed by atoms with Gasteiger partial charge in [0, 0.05) is 17.5 Å². The zero-order chi connectivity index (χ0) is 21.0. The van der Waals surface area contributed by atoms with Gasteiger partial charge in [-0.15, -0.1) is 0 Å². The van der Waals surface area contributed by atoms with Crippen molar-refractivity contribution in [1.29, 1.82) is 0 Å². The number of aromatic carboxylic acids is 1. The van der Waals surface area contributed by atoms with Gasteiger partial charge < -0.3 is 29.7 Å². The number of methoxy groups -OCH3 is 3. The highest BCUT2D eigenvalue weighted by atomic mass is 16.5. The van der Waals surface area contributed by atoms with Gasteiger partial charge in [0.05, 0.1) is 33.5 Å². The van der Waals surface area contributed by atoms with Crippen LogP contribution in [0.5, 0.6) is 17.2 Å². The molecule has 0 aliphatic rings. The molecule has 0 fully saturated rings. The minimum atomic E-state index is -1.15. The van der Waals surface area contributed by atoms with Crippen molar-refractivity contribution in [2.75, 3.05) is 39.8 Å². The average molecular weight is 399 g/mol. The average Bonchev–Trinajstić information content (AvgIpc) is 2.75. The number of hydrogen-bond acceptors (Lipinski definition) is 8. The topological polar surface area (TPSA) is 123 Å². The molecule has 1 heterocycles. The third-order valence-corrected chi connectivity index (χ3v) is 4.38. The Morgan fingerprint density at radius 1 is 1.03 bits per heavy atom. The van der Waals surface area contributed by atoms with Gasteiger partial charge in [-0.05, 0) is 23.8 Å². The molecule has 0 atom stereocenters. The number of ether oxygens (including phenoxy) is 3. The number of carboxylic acids is 1. The Morgan fingerprint density at radius 3 is 2.38 bits per heavy atom. The molecular weight excluding hydrogens is 378 g/mol. The molecule has 0 radical (unpaired) electrons. The largest absolute Gasteiger partial charge is 0.492 e. The van der Waals surface area contributed by atoms with E-state index in [1.54, 1.807) is 12.1 Å². The molecule has 9 heteroatoms. The molecule has 0 saturated heterocycles. The van der Waals surface area contributed by atoms with E-state index >= 15 is 0 Å². The summed E-state index contributed by atoms with van der Waals surface area (Å²) in [5.74, 6) is 0.0145. The number of nitrogens with one attached hydrogen (secondary N) is 1. The molecule has 3 rings (SSSR count). The lowest BCUT2D eigenvalue weighted by molar-refractivity contribution is 0.0692. The Balaban J connectivity index is 2.28. The van der Waals surface area contributed by atoms with E-state index in [4.69, 9.17) is 19.3 Å². The second-order valence-corrected chi connectivity index (χ2v) is 5.98. The van der Waals surface area contributed by atoms with Crippen molar-refractivity contribution in [2.24, 2.45) is 0 Å². The van der Waals surface area contributed by atoms with Gasteiger partial charge in [-0.3, -0.25) is 0 Å². The molecule has 3 N–H and O–H groups in total. The first kappa shape index (κ1) is 20.2. The van der Waals surface area contributed by atoms with Crippen LogP contribution in [0.2, 0.25) is 0 Å². The molecule has 0 amide bonds. The fourth-order valence-electron chi connectivity index (χ4n) is 3.13. The third kappa shape index (κ3) is 3.72. The number of carboxylic acid groups (broad SMARTS) is 1. The van der Waals surface area contributed by atoms with Crippen molar-refractivity contribution in [3.8, 4) is 28.4 Å². The van der Waals surface area contributed by atoms with E-state index in [1.165, 1.54) is 33.7 Å². The summed E-state index contributed by atoms with van der Waals surface area (Å²) in [6, 6.07) is 6.91. The summed E-state index contributed by atoms with van der Waals surface area (Å²) in [6.07, 6.45) is 1.43. The SMILES string of the molecule is COc1c(C(=O)O)cc(-c2ccc3ncnc(NCCO)c3c2)c(OC)c1OC.